The van der Waals surface area contributed by atoms with Gasteiger partial charge in [0.2, 0.25) is 0 Å². The molecule has 0 atom stereocenters. The zero-order valence-corrected chi connectivity index (χ0v) is 11.7. The highest BCUT2D eigenvalue weighted by Gasteiger charge is 2.28. The standard InChI is InChI=1S/C16H13N5O/c22-14(13-10-17-5-6-18-13)9-15-20-12-4-2-1-3-11(12)16-19-7-8-21(15)16/h1-6,9-10,22H,7-8H2/b14-9-. The summed E-state index contributed by atoms with van der Waals surface area (Å²) >= 11 is 0. The number of aromatic nitrogens is 2. The van der Waals surface area contributed by atoms with Crippen LogP contribution >= 0.6 is 0 Å². The van der Waals surface area contributed by atoms with Gasteiger partial charge in [0.05, 0.1) is 18.4 Å². The fraction of sp³-hybridized carbons (Fsp3) is 0.125. The molecule has 2 aliphatic rings. The summed E-state index contributed by atoms with van der Waals surface area (Å²) < 4.78 is 0. The minimum atomic E-state index is 0.0393. The van der Waals surface area contributed by atoms with E-state index in [1.54, 1.807) is 18.5 Å². The Kier molecular flexibility index (Phi) is 2.93. The van der Waals surface area contributed by atoms with Crippen molar-refractivity contribution in [3.05, 3.63) is 60.2 Å². The number of amidine groups is 2. The van der Waals surface area contributed by atoms with Crippen LogP contribution in [0.2, 0.25) is 0 Å². The van der Waals surface area contributed by atoms with E-state index < -0.39 is 0 Å². The first-order valence-corrected chi connectivity index (χ1v) is 7.00. The fourth-order valence-electron chi connectivity index (χ4n) is 2.58. The number of aliphatic imine (C=N–C) groups is 2. The average molecular weight is 291 g/mol. The number of benzene rings is 1. The molecule has 6 nitrogen and oxygen atoms in total. The van der Waals surface area contributed by atoms with E-state index in [2.05, 4.69) is 20.0 Å². The molecule has 0 radical (unpaired) electrons. The van der Waals surface area contributed by atoms with Gasteiger partial charge in [0.25, 0.3) is 0 Å². The molecule has 1 N–H and O–H groups in total. The fourth-order valence-corrected chi connectivity index (χ4v) is 2.58. The minimum absolute atomic E-state index is 0.0393. The third kappa shape index (κ3) is 2.05. The molecule has 3 heterocycles. The number of aliphatic hydroxyl groups is 1. The molecule has 0 aliphatic carbocycles. The third-order valence-corrected chi connectivity index (χ3v) is 3.59. The number of hydrogen-bond acceptors (Lipinski definition) is 6. The van der Waals surface area contributed by atoms with Gasteiger partial charge < -0.3 is 10.0 Å². The van der Waals surface area contributed by atoms with E-state index in [1.807, 2.05) is 29.2 Å². The van der Waals surface area contributed by atoms with E-state index in [1.165, 1.54) is 6.20 Å². The number of fused-ring (bicyclic) bond motifs is 3. The van der Waals surface area contributed by atoms with Crippen LogP contribution in [-0.2, 0) is 0 Å². The second kappa shape index (κ2) is 5.07. The molecule has 0 fully saturated rings. The Morgan fingerprint density at radius 1 is 1.23 bits per heavy atom. The number of para-hydroxylation sites is 1. The Labute approximate surface area is 127 Å². The van der Waals surface area contributed by atoms with Crippen LogP contribution in [0.5, 0.6) is 0 Å². The Balaban J connectivity index is 1.79. The van der Waals surface area contributed by atoms with Crippen molar-refractivity contribution in [1.82, 2.24) is 14.9 Å². The molecule has 2 aromatic rings. The van der Waals surface area contributed by atoms with Gasteiger partial charge in [-0.05, 0) is 12.1 Å². The van der Waals surface area contributed by atoms with Gasteiger partial charge in [-0.2, -0.15) is 0 Å². The van der Waals surface area contributed by atoms with Crippen molar-refractivity contribution < 1.29 is 5.11 Å². The average Bonchev–Trinajstić information content (AvgIpc) is 3.06. The maximum atomic E-state index is 10.3. The topological polar surface area (TPSA) is 74.0 Å². The summed E-state index contributed by atoms with van der Waals surface area (Å²) in [6.07, 6.45) is 6.24. The van der Waals surface area contributed by atoms with Gasteiger partial charge >= 0.3 is 0 Å². The SMILES string of the molecule is O/C(=C\C1=Nc2ccccc2C2=NCCN12)c1cnccn1. The molecular weight excluding hydrogens is 278 g/mol. The van der Waals surface area contributed by atoms with Gasteiger partial charge in [-0.3, -0.25) is 9.98 Å². The van der Waals surface area contributed by atoms with E-state index in [0.717, 1.165) is 30.2 Å². The lowest BCUT2D eigenvalue weighted by atomic mass is 10.1. The van der Waals surface area contributed by atoms with Crippen molar-refractivity contribution in [1.29, 1.82) is 0 Å². The lowest BCUT2D eigenvalue weighted by Crippen LogP contribution is -2.36. The summed E-state index contributed by atoms with van der Waals surface area (Å²) in [5, 5.41) is 10.3. The lowest BCUT2D eigenvalue weighted by molar-refractivity contribution is 0.507. The molecule has 6 heteroatoms. The molecule has 108 valence electrons. The van der Waals surface area contributed by atoms with Gasteiger partial charge in [-0.25, -0.2) is 9.98 Å². The summed E-state index contributed by atoms with van der Waals surface area (Å²) in [5.74, 6) is 1.61. The Hall–Kier alpha value is -3.02. The van der Waals surface area contributed by atoms with Gasteiger partial charge in [0.1, 0.15) is 23.1 Å². The number of hydrogen-bond donors (Lipinski definition) is 1. The third-order valence-electron chi connectivity index (χ3n) is 3.59. The van der Waals surface area contributed by atoms with E-state index in [0.29, 0.717) is 11.5 Å². The highest BCUT2D eigenvalue weighted by atomic mass is 16.3. The largest absolute Gasteiger partial charge is 0.505 e. The zero-order valence-electron chi connectivity index (χ0n) is 11.7. The highest BCUT2D eigenvalue weighted by Crippen LogP contribution is 2.29. The van der Waals surface area contributed by atoms with Gasteiger partial charge in [-0.15, -0.1) is 0 Å². The Morgan fingerprint density at radius 3 is 3.00 bits per heavy atom. The predicted molar refractivity (Wildman–Crippen MR) is 84.3 cm³/mol. The van der Waals surface area contributed by atoms with Crippen LogP contribution in [0.4, 0.5) is 5.69 Å². The first kappa shape index (κ1) is 12.7. The van der Waals surface area contributed by atoms with Crippen LogP contribution in [0.1, 0.15) is 11.3 Å². The van der Waals surface area contributed by atoms with Crippen LogP contribution < -0.4 is 0 Å². The molecule has 1 aromatic heterocycles. The summed E-state index contributed by atoms with van der Waals surface area (Å²) in [4.78, 5) is 19.2. The Morgan fingerprint density at radius 2 is 2.14 bits per heavy atom. The normalized spacial score (nSPS) is 16.7. The molecular formula is C16H13N5O. The smallest absolute Gasteiger partial charge is 0.146 e. The number of aliphatic hydroxyl groups excluding tert-OH is 1. The van der Waals surface area contributed by atoms with Crippen molar-refractivity contribution in [2.75, 3.05) is 13.1 Å². The van der Waals surface area contributed by atoms with E-state index >= 15 is 0 Å². The quantitative estimate of drug-likeness (QED) is 0.861. The monoisotopic (exact) mass is 291 g/mol. The molecule has 0 saturated carbocycles. The molecule has 0 bridgehead atoms. The van der Waals surface area contributed by atoms with Gasteiger partial charge in [0.15, 0.2) is 0 Å². The molecule has 4 rings (SSSR count). The second-order valence-corrected chi connectivity index (χ2v) is 4.96. The van der Waals surface area contributed by atoms with Crippen molar-refractivity contribution >= 4 is 23.1 Å². The van der Waals surface area contributed by atoms with Crippen LogP contribution in [0.15, 0.2) is 58.9 Å². The number of rotatable bonds is 2. The van der Waals surface area contributed by atoms with Crippen molar-refractivity contribution in [2.45, 2.75) is 0 Å². The van der Waals surface area contributed by atoms with Gasteiger partial charge in [0, 0.05) is 30.6 Å². The van der Waals surface area contributed by atoms with Crippen LogP contribution in [-0.4, -0.2) is 44.7 Å². The zero-order chi connectivity index (χ0) is 14.9. The van der Waals surface area contributed by atoms with Gasteiger partial charge in [-0.1, -0.05) is 12.1 Å². The molecule has 0 spiro atoms. The maximum absolute atomic E-state index is 10.3. The molecule has 0 saturated heterocycles. The van der Waals surface area contributed by atoms with Crippen molar-refractivity contribution in [2.24, 2.45) is 9.98 Å². The van der Waals surface area contributed by atoms with Crippen molar-refractivity contribution in [3.8, 4) is 0 Å². The van der Waals surface area contributed by atoms with E-state index in [-0.39, 0.29) is 5.76 Å². The molecule has 2 aliphatic heterocycles. The highest BCUT2D eigenvalue weighted by molar-refractivity contribution is 6.19. The summed E-state index contributed by atoms with van der Waals surface area (Å²) in [6, 6.07) is 7.88. The van der Waals surface area contributed by atoms with Crippen molar-refractivity contribution in [3.63, 3.8) is 0 Å². The van der Waals surface area contributed by atoms with Crippen LogP contribution in [0, 0.1) is 0 Å². The first-order valence-electron chi connectivity index (χ1n) is 7.00. The maximum Gasteiger partial charge on any atom is 0.146 e. The summed E-state index contributed by atoms with van der Waals surface area (Å²) in [7, 11) is 0. The Bertz CT molecular complexity index is 810. The predicted octanol–water partition coefficient (Wildman–Crippen LogP) is 2.18. The molecule has 0 amide bonds. The first-order chi connectivity index (χ1) is 10.8. The molecule has 0 unspecified atom stereocenters. The molecule has 1 aromatic carbocycles. The molecule has 22 heavy (non-hydrogen) atoms. The lowest BCUT2D eigenvalue weighted by Gasteiger charge is -2.25. The number of nitrogens with zero attached hydrogens (tertiary/aromatic N) is 5. The second-order valence-electron chi connectivity index (χ2n) is 4.96. The summed E-state index contributed by atoms with van der Waals surface area (Å²) in [5.41, 5.74) is 2.30. The minimum Gasteiger partial charge on any atom is -0.505 e. The van der Waals surface area contributed by atoms with Crippen LogP contribution in [0.25, 0.3) is 5.76 Å². The summed E-state index contributed by atoms with van der Waals surface area (Å²) in [6.45, 7) is 1.48. The van der Waals surface area contributed by atoms with E-state index in [9.17, 15) is 5.11 Å². The van der Waals surface area contributed by atoms with E-state index in [4.69, 9.17) is 0 Å². The van der Waals surface area contributed by atoms with Crippen LogP contribution in [0.3, 0.4) is 0 Å².